The second kappa shape index (κ2) is 8.92. The summed E-state index contributed by atoms with van der Waals surface area (Å²) < 4.78 is 7.37. The molecule has 4 atom stereocenters. The molecule has 1 N–H and O–H groups in total. The first-order valence-electron chi connectivity index (χ1n) is 13.1. The molecule has 11 heteroatoms. The molecule has 0 aromatic carbocycles. The number of nitrogens with zero attached hydrogens (tertiary/aromatic N) is 7. The van der Waals surface area contributed by atoms with Crippen LogP contribution < -0.4 is 15.0 Å². The average Bonchev–Trinajstić information content (AvgIpc) is 3.53. The molecule has 196 valence electrons. The molecule has 4 unspecified atom stereocenters. The van der Waals surface area contributed by atoms with Crippen molar-refractivity contribution >= 4 is 28.8 Å². The molecule has 10 nitrogen and oxygen atoms in total. The van der Waals surface area contributed by atoms with Crippen molar-refractivity contribution in [2.24, 2.45) is 5.92 Å². The summed E-state index contributed by atoms with van der Waals surface area (Å²) in [6, 6.07) is 7.89. The van der Waals surface area contributed by atoms with Crippen molar-refractivity contribution in [1.29, 1.82) is 5.26 Å². The number of rotatable bonds is 6. The maximum atomic E-state index is 13.2. The minimum Gasteiger partial charge on any atom is -0.492 e. The number of nitrogens with one attached hydrogen (secondary N) is 1. The van der Waals surface area contributed by atoms with E-state index in [4.69, 9.17) is 26.3 Å². The molecule has 8 rings (SSSR count). The van der Waals surface area contributed by atoms with Crippen LogP contribution in [0.1, 0.15) is 48.7 Å². The number of aromatic nitrogens is 5. The van der Waals surface area contributed by atoms with Gasteiger partial charge < -0.3 is 15.0 Å². The smallest absolute Gasteiger partial charge is 0.271 e. The van der Waals surface area contributed by atoms with E-state index >= 15 is 0 Å². The second-order valence-electron chi connectivity index (χ2n) is 10.5. The third-order valence-electron chi connectivity index (χ3n) is 8.31. The Morgan fingerprint density at radius 2 is 2.15 bits per heavy atom. The topological polar surface area (TPSA) is 121 Å². The van der Waals surface area contributed by atoms with E-state index in [2.05, 4.69) is 26.4 Å². The molecule has 0 radical (unpaired) electrons. The number of fused-ring (bicyclic) bond motifs is 1. The number of piperidine rings is 1. The zero-order chi connectivity index (χ0) is 26.7. The highest BCUT2D eigenvalue weighted by Crippen LogP contribution is 2.56. The minimum absolute atomic E-state index is 0.126. The van der Waals surface area contributed by atoms with Crippen LogP contribution in [0.4, 0.5) is 5.82 Å². The van der Waals surface area contributed by atoms with Gasteiger partial charge in [0.05, 0.1) is 64.8 Å². The van der Waals surface area contributed by atoms with Gasteiger partial charge in [0.15, 0.2) is 0 Å². The molecule has 39 heavy (non-hydrogen) atoms. The molecule has 2 aliphatic carbocycles. The molecule has 0 spiro atoms. The monoisotopic (exact) mass is 540 g/mol. The summed E-state index contributed by atoms with van der Waals surface area (Å²) in [5.41, 5.74) is 2.39. The number of hydrogen-bond acceptors (Lipinski definition) is 8. The van der Waals surface area contributed by atoms with Gasteiger partial charge >= 0.3 is 0 Å². The maximum absolute atomic E-state index is 13.2. The lowest BCUT2D eigenvalue weighted by molar-refractivity contribution is 0.0885. The van der Waals surface area contributed by atoms with Crippen molar-refractivity contribution in [2.45, 2.75) is 50.2 Å². The van der Waals surface area contributed by atoms with Gasteiger partial charge in [-0.1, -0.05) is 11.6 Å². The molecule has 4 aliphatic rings. The summed E-state index contributed by atoms with van der Waals surface area (Å²) in [4.78, 5) is 29.4. The lowest BCUT2D eigenvalue weighted by Gasteiger charge is -2.36. The maximum Gasteiger partial charge on any atom is 0.271 e. The predicted octanol–water partition coefficient (Wildman–Crippen LogP) is 4.04. The number of pyridine rings is 2. The van der Waals surface area contributed by atoms with Gasteiger partial charge in [-0.25, -0.2) is 14.5 Å². The van der Waals surface area contributed by atoms with Gasteiger partial charge in [0, 0.05) is 17.8 Å². The van der Waals surface area contributed by atoms with E-state index in [1.54, 1.807) is 47.6 Å². The zero-order valence-corrected chi connectivity index (χ0v) is 22.0. The number of ether oxygens (including phenoxy) is 1. The van der Waals surface area contributed by atoms with Crippen molar-refractivity contribution in [2.75, 3.05) is 11.5 Å². The summed E-state index contributed by atoms with van der Waals surface area (Å²) in [5.74, 6) is 1.75. The van der Waals surface area contributed by atoms with Crippen molar-refractivity contribution in [3.05, 3.63) is 65.5 Å². The number of amides is 1. The summed E-state index contributed by atoms with van der Waals surface area (Å²) in [6.07, 6.45) is 12.3. The van der Waals surface area contributed by atoms with Crippen LogP contribution >= 0.6 is 11.6 Å². The van der Waals surface area contributed by atoms with Crippen LogP contribution in [0.5, 0.6) is 5.75 Å². The van der Waals surface area contributed by atoms with E-state index < -0.39 is 0 Å². The highest BCUT2D eigenvalue weighted by molar-refractivity contribution is 6.33. The van der Waals surface area contributed by atoms with E-state index in [-0.39, 0.29) is 29.2 Å². The Bertz CT molecular complexity index is 1650. The minimum atomic E-state index is -0.344. The van der Waals surface area contributed by atoms with Crippen LogP contribution in [-0.4, -0.2) is 54.7 Å². The summed E-state index contributed by atoms with van der Waals surface area (Å²) in [7, 11) is 0. The highest BCUT2D eigenvalue weighted by atomic mass is 35.5. The van der Waals surface area contributed by atoms with E-state index in [1.165, 1.54) is 0 Å². The molecular weight excluding hydrogens is 516 g/mol. The van der Waals surface area contributed by atoms with E-state index in [0.29, 0.717) is 40.1 Å². The number of carbonyl (C=O) groups is 1. The number of carbonyl (C=O) groups excluding carboxylic acids is 1. The van der Waals surface area contributed by atoms with Gasteiger partial charge in [0.1, 0.15) is 23.3 Å². The molecule has 1 amide bonds. The van der Waals surface area contributed by atoms with Crippen LogP contribution in [0, 0.1) is 17.2 Å². The van der Waals surface area contributed by atoms with Crippen LogP contribution in [-0.2, 0) is 0 Å². The molecule has 2 aliphatic heterocycles. The third-order valence-corrected chi connectivity index (χ3v) is 8.62. The fraction of sp³-hybridized carbons (Fsp3) is 0.357. The van der Waals surface area contributed by atoms with Gasteiger partial charge in [-0.3, -0.25) is 9.78 Å². The number of hydrogen-bond donors (Lipinski definition) is 1. The Labute approximate surface area is 229 Å². The fourth-order valence-electron chi connectivity index (χ4n) is 6.99. The molecule has 4 bridgehead atoms. The largest absolute Gasteiger partial charge is 0.492 e. The average molecular weight is 541 g/mol. The normalized spacial score (nSPS) is 24.7. The first kappa shape index (κ1) is 23.9. The molecule has 2 saturated carbocycles. The van der Waals surface area contributed by atoms with Gasteiger partial charge in [-0.05, 0) is 56.7 Å². The summed E-state index contributed by atoms with van der Waals surface area (Å²) in [5, 5.41) is 17.6. The van der Waals surface area contributed by atoms with E-state index in [9.17, 15) is 10.1 Å². The van der Waals surface area contributed by atoms with E-state index in [0.717, 1.165) is 37.1 Å². The van der Waals surface area contributed by atoms with Crippen LogP contribution in [0.25, 0.3) is 16.8 Å². The lowest BCUT2D eigenvalue weighted by Crippen LogP contribution is -2.53. The third kappa shape index (κ3) is 3.72. The Kier molecular flexibility index (Phi) is 5.45. The second-order valence-corrected chi connectivity index (χ2v) is 10.9. The molecular formula is C28H25ClN8O2. The summed E-state index contributed by atoms with van der Waals surface area (Å²) in [6.45, 7) is 2.42. The number of nitriles is 1. The van der Waals surface area contributed by atoms with Gasteiger partial charge in [0.25, 0.3) is 5.91 Å². The van der Waals surface area contributed by atoms with Crippen molar-refractivity contribution in [3.8, 4) is 23.1 Å². The first-order valence-corrected chi connectivity index (χ1v) is 13.5. The Hall–Kier alpha value is -4.23. The van der Waals surface area contributed by atoms with Gasteiger partial charge in [0.2, 0.25) is 0 Å². The van der Waals surface area contributed by atoms with E-state index in [1.807, 2.05) is 13.0 Å². The number of halogens is 1. The van der Waals surface area contributed by atoms with Gasteiger partial charge in [-0.2, -0.15) is 10.4 Å². The Morgan fingerprint density at radius 3 is 2.92 bits per heavy atom. The Balaban J connectivity index is 1.20. The predicted molar refractivity (Wildman–Crippen MR) is 144 cm³/mol. The highest BCUT2D eigenvalue weighted by Gasteiger charge is 2.63. The standard InChI is InChI=1S/C28H25ClN8O2/c1-2-39-19-8-20(26-17(11-30)12-34-36(26)15-19)22-13-33-24(14-32-22)37-18-6-16-7-23(37)28(9-16,10-18)35-27(38)25-21(29)4-3-5-31-25/h3-5,8,12-16,18,23H,2,6-7,9-10H2,1H3,(H,35,38). The zero-order valence-electron chi connectivity index (χ0n) is 21.2. The lowest BCUT2D eigenvalue weighted by atomic mass is 9.82. The van der Waals surface area contributed by atoms with Crippen molar-refractivity contribution in [3.63, 3.8) is 0 Å². The van der Waals surface area contributed by atoms with Crippen molar-refractivity contribution in [1.82, 2.24) is 29.9 Å². The summed E-state index contributed by atoms with van der Waals surface area (Å²) >= 11 is 6.26. The molecule has 6 heterocycles. The van der Waals surface area contributed by atoms with Crippen molar-refractivity contribution < 1.29 is 9.53 Å². The SMILES string of the molecule is CCOc1cc(-c2cnc(N3C4CC5CC3C(NC(=O)c3ncccc3Cl)(C5)C4)cn2)c2c(C#N)cnn2c1. The number of anilines is 1. The van der Waals surface area contributed by atoms with Crippen LogP contribution in [0.2, 0.25) is 5.02 Å². The quantitative estimate of drug-likeness (QED) is 0.389. The molecule has 4 aromatic heterocycles. The van der Waals surface area contributed by atoms with Crippen LogP contribution in [0.3, 0.4) is 0 Å². The Morgan fingerprint density at radius 1 is 1.26 bits per heavy atom. The fourth-order valence-corrected chi connectivity index (χ4v) is 7.20. The van der Waals surface area contributed by atoms with Gasteiger partial charge in [-0.15, -0.1) is 0 Å². The molecule has 4 fully saturated rings. The molecule has 2 saturated heterocycles. The first-order chi connectivity index (χ1) is 19.0. The molecule has 4 aromatic rings. The van der Waals surface area contributed by atoms with Crippen LogP contribution in [0.15, 0.2) is 49.2 Å².